The Balaban J connectivity index is 0.000000117. The fourth-order valence-corrected chi connectivity index (χ4v) is 14.8. The number of para-hydroxylation sites is 1. The van der Waals surface area contributed by atoms with Crippen LogP contribution in [-0.4, -0.2) is 39.9 Å². The van der Waals surface area contributed by atoms with Gasteiger partial charge in [-0.3, -0.25) is 0 Å². The average molecular weight is 1510 g/mol. The van der Waals surface area contributed by atoms with Gasteiger partial charge in [-0.25, -0.2) is 54.3 Å². The second-order valence-electron chi connectivity index (χ2n) is 27.9. The third-order valence-corrected chi connectivity index (χ3v) is 20.5. The van der Waals surface area contributed by atoms with Crippen LogP contribution in [0.1, 0.15) is 0 Å². The Morgan fingerprint density at radius 1 is 0.162 bits per heavy atom. The summed E-state index contributed by atoms with van der Waals surface area (Å²) in [4.78, 5) is 76.9. The monoisotopic (exact) mass is 1510 g/mol. The van der Waals surface area contributed by atoms with Crippen LogP contribution >= 0.6 is 0 Å². The molecule has 117 heavy (non-hydrogen) atoms. The molecule has 21 rings (SSSR count). The van der Waals surface area contributed by atoms with Gasteiger partial charge in [0.2, 0.25) is 0 Å². The number of rotatable bonds is 12. The molecule has 0 saturated carbocycles. The molecule has 0 fully saturated rings. The lowest BCUT2D eigenvalue weighted by Gasteiger charge is -2.11. The van der Waals surface area contributed by atoms with E-state index in [0.717, 1.165) is 127 Å². The predicted molar refractivity (Wildman–Crippen MR) is 468 cm³/mol. The first-order chi connectivity index (χ1) is 57.7. The molecule has 15 aromatic carbocycles. The van der Waals surface area contributed by atoms with Crippen LogP contribution in [0.4, 0.5) is 0 Å². The van der Waals surface area contributed by atoms with E-state index in [-0.39, 0.29) is 16.9 Å². The second-order valence-corrected chi connectivity index (χ2v) is 27.9. The van der Waals surface area contributed by atoms with Crippen LogP contribution in [0.5, 0.6) is 0 Å². The van der Waals surface area contributed by atoms with E-state index in [9.17, 15) is 14.4 Å². The van der Waals surface area contributed by atoms with Crippen LogP contribution < -0.4 is 16.9 Å². The zero-order valence-electron chi connectivity index (χ0n) is 62.5. The smallest absolute Gasteiger partial charge is 0.344 e. The summed E-state index contributed by atoms with van der Waals surface area (Å²) in [6, 6.07) is 127. The first-order valence-corrected chi connectivity index (χ1v) is 38.1. The molecule has 0 aliphatic rings. The summed E-state index contributed by atoms with van der Waals surface area (Å²) in [5.41, 5.74) is 16.5. The number of aromatic nitrogens is 8. The summed E-state index contributed by atoms with van der Waals surface area (Å²) in [5.74, 6) is 4.26. The topological polar surface area (TPSA) is 194 Å². The largest absolute Gasteiger partial charge is 0.422 e. The van der Waals surface area contributed by atoms with Gasteiger partial charge in [-0.15, -0.1) is 0 Å². The van der Waals surface area contributed by atoms with Gasteiger partial charge in [0, 0.05) is 71.6 Å². The highest BCUT2D eigenvalue weighted by Gasteiger charge is 2.20. The number of fused-ring (bicyclic) bond motifs is 9. The lowest BCUT2D eigenvalue weighted by atomic mass is 9.96. The third kappa shape index (κ3) is 14.7. The standard InChI is InChI=1S/C35H22N2O2.2C34H21N3O2/c38-35-30-17-8-7-16-28(30)29-19-18-26(21-33(29)39-35)25-14-9-15-27(20-25)34-36-31(23-10-3-1-4-11-23)22-32(37-34)24-12-5-2-6-13-24;38-34-28-18-8-7-17-27(28)30-26(19-10-20-29(30)39-34)24-15-9-16-25(21-24)33-36-31(22-11-3-1-4-12-22)35-32(37-33)23-13-5-2-6-14-23;38-34-29-21-25(18-19-27(29)28-16-7-8-17-30(28)39-34)24-14-9-15-26(20-24)33-36-31(22-10-3-1-4-11-22)35-32(37-33)23-12-5-2-6-13-23/h1-22H;2*1-21H. The van der Waals surface area contributed by atoms with Gasteiger partial charge in [0.1, 0.15) is 16.7 Å². The summed E-state index contributed by atoms with van der Waals surface area (Å²) in [5, 5.41) is 7.06. The average Bonchev–Trinajstić information content (AvgIpc) is 0.779. The van der Waals surface area contributed by atoms with Gasteiger partial charge in [0.25, 0.3) is 0 Å². The highest BCUT2D eigenvalue weighted by atomic mass is 16.4. The second kappa shape index (κ2) is 31.5. The fraction of sp³-hybridized carbons (Fsp3) is 0. The summed E-state index contributed by atoms with van der Waals surface area (Å²) < 4.78 is 17.0. The normalized spacial score (nSPS) is 11.2. The SMILES string of the molecule is O=c1oc2cc(-c3cccc(-c4nc(-c5ccccc5)cc(-c5ccccc5)n4)c3)ccc2c2ccccc12.O=c1oc2cccc(-c3cccc(-c4nc(-c5ccccc5)nc(-c5ccccc5)n4)c3)c2c2ccccc12.O=c1oc2ccccc2c2ccc(-c3cccc(-c4nc(-c5ccccc5)nc(-c5ccccc5)n4)c3)cc12. The Morgan fingerprint density at radius 3 is 0.940 bits per heavy atom. The molecule has 0 radical (unpaired) electrons. The first-order valence-electron chi connectivity index (χ1n) is 38.1. The molecule has 0 bridgehead atoms. The van der Waals surface area contributed by atoms with Crippen molar-refractivity contribution in [3.8, 4) is 136 Å². The number of benzene rings is 15. The maximum atomic E-state index is 12.8. The van der Waals surface area contributed by atoms with Gasteiger partial charge in [-0.1, -0.05) is 322 Å². The lowest BCUT2D eigenvalue weighted by Crippen LogP contribution is -2.01. The fourth-order valence-electron chi connectivity index (χ4n) is 14.8. The third-order valence-electron chi connectivity index (χ3n) is 20.5. The van der Waals surface area contributed by atoms with Crippen molar-refractivity contribution in [2.24, 2.45) is 0 Å². The van der Waals surface area contributed by atoms with Crippen LogP contribution in [0.3, 0.4) is 0 Å². The van der Waals surface area contributed by atoms with Gasteiger partial charge in [-0.05, 0) is 111 Å². The highest BCUT2D eigenvalue weighted by molar-refractivity contribution is 6.12. The molecule has 0 aliphatic heterocycles. The minimum Gasteiger partial charge on any atom is -0.422 e. The molecule has 552 valence electrons. The summed E-state index contributed by atoms with van der Waals surface area (Å²) in [7, 11) is 0. The van der Waals surface area contributed by atoms with Crippen molar-refractivity contribution < 1.29 is 13.3 Å². The van der Waals surface area contributed by atoms with Crippen molar-refractivity contribution in [1.29, 1.82) is 0 Å². The summed E-state index contributed by atoms with van der Waals surface area (Å²) in [6.07, 6.45) is 0. The molecule has 0 atom stereocenters. The van der Waals surface area contributed by atoms with E-state index in [1.165, 1.54) is 0 Å². The molecule has 0 N–H and O–H groups in total. The van der Waals surface area contributed by atoms with Crippen molar-refractivity contribution in [3.05, 3.63) is 420 Å². The van der Waals surface area contributed by atoms with E-state index in [4.69, 9.17) is 53.1 Å². The zero-order chi connectivity index (χ0) is 78.5. The maximum Gasteiger partial charge on any atom is 0.344 e. The van der Waals surface area contributed by atoms with Crippen LogP contribution in [0.15, 0.2) is 416 Å². The molecule has 0 aliphatic carbocycles. The van der Waals surface area contributed by atoms with Gasteiger partial charge >= 0.3 is 16.9 Å². The molecule has 6 aromatic heterocycles. The van der Waals surface area contributed by atoms with Crippen molar-refractivity contribution >= 4 is 65.2 Å². The molecule has 21 aromatic rings. The molecular formula is C103H64N8O6. The van der Waals surface area contributed by atoms with Gasteiger partial charge in [-0.2, -0.15) is 0 Å². The molecule has 6 heterocycles. The lowest BCUT2D eigenvalue weighted by molar-refractivity contribution is 0.569. The Morgan fingerprint density at radius 2 is 0.453 bits per heavy atom. The number of nitrogens with zero attached hydrogens (tertiary/aromatic N) is 8. The highest BCUT2D eigenvalue weighted by Crippen LogP contribution is 2.39. The Labute approximate surface area is 669 Å². The van der Waals surface area contributed by atoms with E-state index >= 15 is 0 Å². The van der Waals surface area contributed by atoms with Gasteiger partial charge < -0.3 is 13.3 Å². The molecule has 0 unspecified atom stereocenters. The van der Waals surface area contributed by atoms with E-state index in [0.29, 0.717) is 73.7 Å². The van der Waals surface area contributed by atoms with Crippen molar-refractivity contribution in [3.63, 3.8) is 0 Å². The van der Waals surface area contributed by atoms with Crippen molar-refractivity contribution in [2.45, 2.75) is 0 Å². The van der Waals surface area contributed by atoms with Crippen molar-refractivity contribution in [1.82, 2.24) is 39.9 Å². The molecule has 14 nitrogen and oxygen atoms in total. The van der Waals surface area contributed by atoms with Gasteiger partial charge in [0.15, 0.2) is 40.8 Å². The Kier molecular flexibility index (Phi) is 19.2. The molecule has 14 heteroatoms. The van der Waals surface area contributed by atoms with Crippen LogP contribution in [0.2, 0.25) is 0 Å². The molecule has 0 saturated heterocycles. The summed E-state index contributed by atoms with van der Waals surface area (Å²) >= 11 is 0. The minimum absolute atomic E-state index is 0.330. The molecule has 0 spiro atoms. The maximum absolute atomic E-state index is 12.8. The van der Waals surface area contributed by atoms with E-state index in [1.54, 1.807) is 12.1 Å². The summed E-state index contributed by atoms with van der Waals surface area (Å²) in [6.45, 7) is 0. The van der Waals surface area contributed by atoms with Crippen LogP contribution in [0, 0.1) is 0 Å². The predicted octanol–water partition coefficient (Wildman–Crippen LogP) is 24.0. The Hall–Kier alpha value is -16.2. The Bertz CT molecular complexity index is 7330. The van der Waals surface area contributed by atoms with E-state index in [2.05, 4.69) is 48.5 Å². The zero-order valence-corrected chi connectivity index (χ0v) is 62.5. The van der Waals surface area contributed by atoms with Crippen molar-refractivity contribution in [2.75, 3.05) is 0 Å². The van der Waals surface area contributed by atoms with E-state index < -0.39 is 0 Å². The quantitative estimate of drug-likeness (QED) is 0.0828. The molecular weight excluding hydrogens is 1450 g/mol. The first kappa shape index (κ1) is 71.1. The molecule has 0 amide bonds. The minimum atomic E-state index is -0.348. The number of hydrogen-bond acceptors (Lipinski definition) is 14. The van der Waals surface area contributed by atoms with Crippen LogP contribution in [0.25, 0.3) is 201 Å². The van der Waals surface area contributed by atoms with E-state index in [1.807, 2.05) is 328 Å². The van der Waals surface area contributed by atoms with Gasteiger partial charge in [0.05, 0.1) is 27.5 Å². The van der Waals surface area contributed by atoms with Crippen LogP contribution in [-0.2, 0) is 0 Å². The number of hydrogen-bond donors (Lipinski definition) is 0.